The first kappa shape index (κ1) is 16.0. The SMILES string of the molecule is COc1ccc([C@H](C)[C@@H](C)NCCS(C)(=O)=O)cc1. The zero-order chi connectivity index (χ0) is 14.5. The lowest BCUT2D eigenvalue weighted by Gasteiger charge is -2.21. The molecule has 0 saturated carbocycles. The van der Waals surface area contributed by atoms with Crippen molar-refractivity contribution in [3.05, 3.63) is 29.8 Å². The Balaban J connectivity index is 2.53. The van der Waals surface area contributed by atoms with Gasteiger partial charge < -0.3 is 10.1 Å². The van der Waals surface area contributed by atoms with Crippen LogP contribution in [0.15, 0.2) is 24.3 Å². The molecule has 2 atom stereocenters. The molecule has 0 saturated heterocycles. The summed E-state index contributed by atoms with van der Waals surface area (Å²) in [6.07, 6.45) is 1.26. The van der Waals surface area contributed by atoms with Crippen LogP contribution in [0.5, 0.6) is 5.75 Å². The third-order valence-electron chi connectivity index (χ3n) is 3.33. The van der Waals surface area contributed by atoms with Gasteiger partial charge >= 0.3 is 0 Å². The predicted molar refractivity (Wildman–Crippen MR) is 78.6 cm³/mol. The van der Waals surface area contributed by atoms with E-state index in [1.165, 1.54) is 11.8 Å². The average Bonchev–Trinajstić information content (AvgIpc) is 2.36. The van der Waals surface area contributed by atoms with Gasteiger partial charge in [-0.2, -0.15) is 0 Å². The highest BCUT2D eigenvalue weighted by Gasteiger charge is 2.14. The van der Waals surface area contributed by atoms with E-state index in [0.29, 0.717) is 12.5 Å². The highest BCUT2D eigenvalue weighted by molar-refractivity contribution is 7.90. The number of nitrogens with one attached hydrogen (secondary N) is 1. The summed E-state index contributed by atoms with van der Waals surface area (Å²) >= 11 is 0. The van der Waals surface area contributed by atoms with E-state index in [4.69, 9.17) is 4.74 Å². The minimum Gasteiger partial charge on any atom is -0.497 e. The summed E-state index contributed by atoms with van der Waals surface area (Å²) in [5.74, 6) is 1.33. The second-order valence-corrected chi connectivity index (χ2v) is 7.19. The Morgan fingerprint density at radius 1 is 1.21 bits per heavy atom. The normalized spacial score (nSPS) is 14.9. The van der Waals surface area contributed by atoms with Gasteiger partial charge in [-0.1, -0.05) is 19.1 Å². The number of sulfone groups is 1. The van der Waals surface area contributed by atoms with Gasteiger partial charge in [0.05, 0.1) is 12.9 Å². The number of benzene rings is 1. The first-order valence-electron chi connectivity index (χ1n) is 6.38. The van der Waals surface area contributed by atoms with E-state index in [1.807, 2.05) is 24.3 Å². The highest BCUT2D eigenvalue weighted by Crippen LogP contribution is 2.21. The van der Waals surface area contributed by atoms with E-state index in [-0.39, 0.29) is 11.8 Å². The van der Waals surface area contributed by atoms with Crippen LogP contribution in [-0.2, 0) is 9.84 Å². The van der Waals surface area contributed by atoms with E-state index in [9.17, 15) is 8.42 Å². The molecule has 0 heterocycles. The Hall–Kier alpha value is -1.07. The number of hydrogen-bond acceptors (Lipinski definition) is 4. The first-order chi connectivity index (χ1) is 8.83. The molecule has 0 amide bonds. The van der Waals surface area contributed by atoms with E-state index >= 15 is 0 Å². The molecule has 0 radical (unpaired) electrons. The molecular formula is C14H23NO3S. The van der Waals surface area contributed by atoms with Crippen LogP contribution in [0.3, 0.4) is 0 Å². The van der Waals surface area contributed by atoms with Crippen molar-refractivity contribution in [3.8, 4) is 5.75 Å². The first-order valence-corrected chi connectivity index (χ1v) is 8.44. The van der Waals surface area contributed by atoms with E-state index in [0.717, 1.165) is 5.75 Å². The summed E-state index contributed by atoms with van der Waals surface area (Å²) in [5, 5.41) is 3.26. The molecule has 5 heteroatoms. The lowest BCUT2D eigenvalue weighted by molar-refractivity contribution is 0.414. The van der Waals surface area contributed by atoms with Crippen LogP contribution in [0.4, 0.5) is 0 Å². The van der Waals surface area contributed by atoms with E-state index in [1.54, 1.807) is 7.11 Å². The molecule has 1 rings (SSSR count). The average molecular weight is 285 g/mol. The summed E-state index contributed by atoms with van der Waals surface area (Å²) in [5.41, 5.74) is 1.21. The summed E-state index contributed by atoms with van der Waals surface area (Å²) in [7, 11) is -1.25. The third-order valence-corrected chi connectivity index (χ3v) is 4.28. The van der Waals surface area contributed by atoms with E-state index in [2.05, 4.69) is 19.2 Å². The quantitative estimate of drug-likeness (QED) is 0.830. The molecule has 4 nitrogen and oxygen atoms in total. The van der Waals surface area contributed by atoms with Crippen LogP contribution in [0.25, 0.3) is 0 Å². The molecule has 0 bridgehead atoms. The molecule has 108 valence electrons. The summed E-state index contributed by atoms with van der Waals surface area (Å²) < 4.78 is 27.3. The van der Waals surface area contributed by atoms with Gasteiger partial charge in [0, 0.05) is 18.8 Å². The fraction of sp³-hybridized carbons (Fsp3) is 0.571. The molecule has 0 aliphatic heterocycles. The number of hydrogen-bond donors (Lipinski definition) is 1. The summed E-state index contributed by atoms with van der Waals surface area (Å²) in [6.45, 7) is 4.68. The van der Waals surface area contributed by atoms with Gasteiger partial charge in [-0.15, -0.1) is 0 Å². The Bertz CT molecular complexity index is 482. The monoisotopic (exact) mass is 285 g/mol. The third kappa shape index (κ3) is 5.61. The molecule has 0 aliphatic rings. The van der Waals surface area contributed by atoms with Gasteiger partial charge in [0.15, 0.2) is 0 Å². The molecule has 1 aromatic rings. The van der Waals surface area contributed by atoms with Crippen molar-refractivity contribution in [2.45, 2.75) is 25.8 Å². The zero-order valence-corrected chi connectivity index (χ0v) is 12.8. The van der Waals surface area contributed by atoms with Gasteiger partial charge in [0.1, 0.15) is 15.6 Å². The number of methoxy groups -OCH3 is 1. The number of rotatable bonds is 7. The predicted octanol–water partition coefficient (Wildman–Crippen LogP) is 1.82. The molecule has 0 aromatic heterocycles. The fourth-order valence-electron chi connectivity index (χ4n) is 1.84. The maximum Gasteiger partial charge on any atom is 0.148 e. The summed E-state index contributed by atoms with van der Waals surface area (Å²) in [4.78, 5) is 0. The second-order valence-electron chi connectivity index (χ2n) is 4.93. The van der Waals surface area contributed by atoms with Crippen LogP contribution < -0.4 is 10.1 Å². The summed E-state index contributed by atoms with van der Waals surface area (Å²) in [6, 6.07) is 8.18. The van der Waals surface area contributed by atoms with Crippen molar-refractivity contribution >= 4 is 9.84 Å². The van der Waals surface area contributed by atoms with Crippen molar-refractivity contribution in [2.75, 3.05) is 25.7 Å². The van der Waals surface area contributed by atoms with Crippen LogP contribution >= 0.6 is 0 Å². The molecule has 1 N–H and O–H groups in total. The molecule has 0 unspecified atom stereocenters. The van der Waals surface area contributed by atoms with Crippen molar-refractivity contribution in [3.63, 3.8) is 0 Å². The minimum atomic E-state index is -2.90. The fourth-order valence-corrected chi connectivity index (χ4v) is 2.33. The number of ether oxygens (including phenoxy) is 1. The Morgan fingerprint density at radius 3 is 2.26 bits per heavy atom. The van der Waals surface area contributed by atoms with Crippen molar-refractivity contribution in [2.24, 2.45) is 0 Å². The standard InChI is InChI=1S/C14H23NO3S/c1-11(12(2)15-9-10-19(4,16)17)13-5-7-14(18-3)8-6-13/h5-8,11-12,15H,9-10H2,1-4H3/t11-,12-/m1/s1. The van der Waals surface area contributed by atoms with Gasteiger partial charge in [-0.05, 0) is 30.5 Å². The molecule has 0 spiro atoms. The molecule has 0 aliphatic carbocycles. The second kappa shape index (κ2) is 6.91. The zero-order valence-electron chi connectivity index (χ0n) is 12.0. The van der Waals surface area contributed by atoms with Crippen LogP contribution in [0.2, 0.25) is 0 Å². The Labute approximate surface area is 116 Å². The van der Waals surface area contributed by atoms with Gasteiger partial charge in [-0.3, -0.25) is 0 Å². The maximum atomic E-state index is 11.1. The van der Waals surface area contributed by atoms with Gasteiger partial charge in [0.2, 0.25) is 0 Å². The molecule has 1 aromatic carbocycles. The smallest absolute Gasteiger partial charge is 0.148 e. The Kier molecular flexibility index (Phi) is 5.82. The van der Waals surface area contributed by atoms with Gasteiger partial charge in [0.25, 0.3) is 0 Å². The lowest BCUT2D eigenvalue weighted by atomic mass is 9.94. The maximum absolute atomic E-state index is 11.1. The molecule has 19 heavy (non-hydrogen) atoms. The van der Waals surface area contributed by atoms with Crippen LogP contribution in [0, 0.1) is 0 Å². The lowest BCUT2D eigenvalue weighted by Crippen LogP contribution is -2.34. The molecular weight excluding hydrogens is 262 g/mol. The van der Waals surface area contributed by atoms with Crippen molar-refractivity contribution in [1.82, 2.24) is 5.32 Å². The van der Waals surface area contributed by atoms with Crippen molar-refractivity contribution < 1.29 is 13.2 Å². The van der Waals surface area contributed by atoms with Gasteiger partial charge in [-0.25, -0.2) is 8.42 Å². The highest BCUT2D eigenvalue weighted by atomic mass is 32.2. The largest absolute Gasteiger partial charge is 0.497 e. The van der Waals surface area contributed by atoms with Crippen molar-refractivity contribution in [1.29, 1.82) is 0 Å². The van der Waals surface area contributed by atoms with Crippen LogP contribution in [-0.4, -0.2) is 40.1 Å². The van der Waals surface area contributed by atoms with E-state index < -0.39 is 9.84 Å². The topological polar surface area (TPSA) is 55.4 Å². The molecule has 0 fully saturated rings. The minimum absolute atomic E-state index is 0.173. The Morgan fingerprint density at radius 2 is 1.79 bits per heavy atom. The van der Waals surface area contributed by atoms with Crippen LogP contribution in [0.1, 0.15) is 25.3 Å².